The highest BCUT2D eigenvalue weighted by Crippen LogP contribution is 2.41. The number of halogens is 2. The van der Waals surface area contributed by atoms with Crippen LogP contribution < -0.4 is 9.80 Å². The lowest BCUT2D eigenvalue weighted by molar-refractivity contribution is -0.117. The molecule has 0 N–H and O–H groups in total. The summed E-state index contributed by atoms with van der Waals surface area (Å²) >= 11 is 12.3. The van der Waals surface area contributed by atoms with Crippen LogP contribution in [-0.4, -0.2) is 16.4 Å². The van der Waals surface area contributed by atoms with Crippen molar-refractivity contribution >= 4 is 46.5 Å². The van der Waals surface area contributed by atoms with Crippen LogP contribution in [0.2, 0.25) is 0 Å². The molecule has 0 radical (unpaired) electrons. The van der Waals surface area contributed by atoms with Crippen molar-refractivity contribution in [1.29, 1.82) is 0 Å². The topological polar surface area (TPSA) is 40.6 Å². The molecule has 0 unspecified atom stereocenters. The van der Waals surface area contributed by atoms with Gasteiger partial charge >= 0.3 is 6.03 Å². The Labute approximate surface area is 131 Å². The van der Waals surface area contributed by atoms with Crippen molar-refractivity contribution in [3.63, 3.8) is 0 Å². The molecule has 1 heterocycles. The lowest BCUT2D eigenvalue weighted by Gasteiger charge is -2.23. The van der Waals surface area contributed by atoms with Gasteiger partial charge in [0.2, 0.25) is 0 Å². The monoisotopic (exact) mass is 320 g/mol. The minimum atomic E-state index is -1.96. The number of anilines is 2. The van der Waals surface area contributed by atoms with E-state index in [1.165, 1.54) is 0 Å². The molecule has 1 saturated heterocycles. The number of hydrogen-bond acceptors (Lipinski definition) is 2. The Kier molecular flexibility index (Phi) is 3.35. The van der Waals surface area contributed by atoms with Crippen LogP contribution in [0.5, 0.6) is 0 Å². The van der Waals surface area contributed by atoms with Crippen molar-refractivity contribution in [2.75, 3.05) is 9.80 Å². The summed E-state index contributed by atoms with van der Waals surface area (Å²) in [5, 5.41) is 0. The number of benzene rings is 2. The van der Waals surface area contributed by atoms with Crippen LogP contribution in [0.1, 0.15) is 0 Å². The molecule has 0 aliphatic carbocycles. The number of urea groups is 1. The van der Waals surface area contributed by atoms with E-state index in [4.69, 9.17) is 23.2 Å². The second-order valence-electron chi connectivity index (χ2n) is 4.47. The zero-order valence-electron chi connectivity index (χ0n) is 10.7. The number of para-hydroxylation sites is 2. The summed E-state index contributed by atoms with van der Waals surface area (Å²) in [5.74, 6) is -0.689. The molecule has 106 valence electrons. The van der Waals surface area contributed by atoms with Gasteiger partial charge in [0.05, 0.1) is 5.69 Å². The number of carbonyl (C=O) groups is 2. The first-order valence-electron chi connectivity index (χ1n) is 6.20. The summed E-state index contributed by atoms with van der Waals surface area (Å²) in [6.07, 6.45) is 0. The van der Waals surface area contributed by atoms with Crippen molar-refractivity contribution in [3.05, 3.63) is 60.7 Å². The normalized spacial score (nSPS) is 17.4. The zero-order chi connectivity index (χ0) is 15.0. The van der Waals surface area contributed by atoms with Gasteiger partial charge in [0.1, 0.15) is 0 Å². The van der Waals surface area contributed by atoms with Gasteiger partial charge < -0.3 is 0 Å². The van der Waals surface area contributed by atoms with Crippen LogP contribution in [0.4, 0.5) is 16.2 Å². The summed E-state index contributed by atoms with van der Waals surface area (Å²) in [5.41, 5.74) is 0.885. The number of imide groups is 1. The molecule has 3 amide bonds. The van der Waals surface area contributed by atoms with Gasteiger partial charge in [-0.3, -0.25) is 9.69 Å². The third-order valence-electron chi connectivity index (χ3n) is 3.15. The molecule has 0 aromatic heterocycles. The summed E-state index contributed by atoms with van der Waals surface area (Å²) < 4.78 is -1.96. The van der Waals surface area contributed by atoms with Gasteiger partial charge in [-0.25, -0.2) is 9.69 Å². The number of alkyl halides is 2. The van der Waals surface area contributed by atoms with Crippen LogP contribution in [0, 0.1) is 0 Å². The molecule has 21 heavy (non-hydrogen) atoms. The highest BCUT2D eigenvalue weighted by molar-refractivity contribution is 6.65. The first kappa shape index (κ1) is 13.9. The fourth-order valence-electron chi connectivity index (χ4n) is 2.19. The van der Waals surface area contributed by atoms with Gasteiger partial charge in [-0.2, -0.15) is 0 Å². The molecule has 3 rings (SSSR count). The van der Waals surface area contributed by atoms with Crippen molar-refractivity contribution < 1.29 is 9.59 Å². The Morgan fingerprint density at radius 1 is 0.762 bits per heavy atom. The van der Waals surface area contributed by atoms with E-state index >= 15 is 0 Å². The van der Waals surface area contributed by atoms with Gasteiger partial charge in [-0.15, -0.1) is 0 Å². The maximum Gasteiger partial charge on any atom is 0.338 e. The van der Waals surface area contributed by atoms with Crippen molar-refractivity contribution in [2.24, 2.45) is 0 Å². The summed E-state index contributed by atoms with van der Waals surface area (Å²) in [6, 6.07) is 16.6. The maximum atomic E-state index is 12.6. The molecule has 1 aliphatic heterocycles. The van der Waals surface area contributed by atoms with Gasteiger partial charge in [0.25, 0.3) is 10.4 Å². The third-order valence-corrected chi connectivity index (χ3v) is 3.81. The molecule has 6 heteroatoms. The number of rotatable bonds is 2. The number of nitrogens with zero attached hydrogens (tertiary/aromatic N) is 2. The van der Waals surface area contributed by atoms with Crippen molar-refractivity contribution in [2.45, 2.75) is 4.46 Å². The van der Waals surface area contributed by atoms with E-state index in [1.54, 1.807) is 60.7 Å². The van der Waals surface area contributed by atoms with E-state index in [0.29, 0.717) is 11.4 Å². The SMILES string of the molecule is O=C1N(c2ccccc2)C(=O)C(Cl)(Cl)N1c1ccccc1. The molecular weight excluding hydrogens is 311 g/mol. The van der Waals surface area contributed by atoms with Crippen molar-refractivity contribution in [3.8, 4) is 0 Å². The number of carbonyl (C=O) groups excluding carboxylic acids is 2. The third kappa shape index (κ3) is 2.17. The summed E-state index contributed by atoms with van der Waals surface area (Å²) in [6.45, 7) is 0. The minimum absolute atomic E-state index is 0.427. The van der Waals surface area contributed by atoms with Gasteiger partial charge in [0.15, 0.2) is 0 Å². The molecule has 0 atom stereocenters. The number of amides is 3. The van der Waals surface area contributed by atoms with E-state index < -0.39 is 16.4 Å². The Balaban J connectivity index is 2.08. The smallest absolute Gasteiger partial charge is 0.268 e. The van der Waals surface area contributed by atoms with Crippen LogP contribution >= 0.6 is 23.2 Å². The number of hydrogen-bond donors (Lipinski definition) is 0. The standard InChI is InChI=1S/C15H10Cl2N2O2/c16-15(17)13(20)18(11-7-3-1-4-8-11)14(21)19(15)12-9-5-2-6-10-12/h1-10H. The highest BCUT2D eigenvalue weighted by atomic mass is 35.5. The Hall–Kier alpha value is -2.04. The predicted molar refractivity (Wildman–Crippen MR) is 82.7 cm³/mol. The van der Waals surface area contributed by atoms with Crippen LogP contribution in [0.15, 0.2) is 60.7 Å². The molecule has 0 saturated carbocycles. The molecule has 1 aliphatic rings. The van der Waals surface area contributed by atoms with E-state index in [1.807, 2.05) is 0 Å². The molecule has 2 aromatic carbocycles. The average molecular weight is 321 g/mol. The van der Waals surface area contributed by atoms with Gasteiger partial charge in [-0.1, -0.05) is 59.6 Å². The second-order valence-corrected chi connectivity index (χ2v) is 5.76. The first-order valence-corrected chi connectivity index (χ1v) is 6.96. The zero-order valence-corrected chi connectivity index (χ0v) is 12.3. The predicted octanol–water partition coefficient (Wildman–Crippen LogP) is 3.79. The highest BCUT2D eigenvalue weighted by Gasteiger charge is 2.57. The second kappa shape index (κ2) is 5.06. The largest absolute Gasteiger partial charge is 0.338 e. The molecule has 0 spiro atoms. The summed E-state index contributed by atoms with van der Waals surface area (Å²) in [4.78, 5) is 27.1. The van der Waals surface area contributed by atoms with E-state index in [9.17, 15) is 9.59 Å². The lowest BCUT2D eigenvalue weighted by atomic mass is 10.3. The molecule has 1 fully saturated rings. The van der Waals surface area contributed by atoms with Crippen molar-refractivity contribution in [1.82, 2.24) is 0 Å². The van der Waals surface area contributed by atoms with Crippen LogP contribution in [0.25, 0.3) is 0 Å². The Bertz CT molecular complexity index is 689. The quantitative estimate of drug-likeness (QED) is 0.480. The molecule has 4 nitrogen and oxygen atoms in total. The fraction of sp³-hybridized carbons (Fsp3) is 0.0667. The van der Waals surface area contributed by atoms with E-state index in [0.717, 1.165) is 9.80 Å². The maximum absolute atomic E-state index is 12.6. The Morgan fingerprint density at radius 3 is 1.76 bits per heavy atom. The van der Waals surface area contributed by atoms with Crippen LogP contribution in [-0.2, 0) is 4.79 Å². The summed E-state index contributed by atoms with van der Waals surface area (Å²) in [7, 11) is 0. The first-order chi connectivity index (χ1) is 10.0. The molecule has 2 aromatic rings. The van der Waals surface area contributed by atoms with Crippen LogP contribution in [0.3, 0.4) is 0 Å². The Morgan fingerprint density at radius 2 is 1.24 bits per heavy atom. The van der Waals surface area contributed by atoms with Gasteiger partial charge in [-0.05, 0) is 24.3 Å². The molecule has 0 bridgehead atoms. The fourth-order valence-corrected chi connectivity index (χ4v) is 2.70. The molecular formula is C15H10Cl2N2O2. The minimum Gasteiger partial charge on any atom is -0.268 e. The van der Waals surface area contributed by atoms with E-state index in [2.05, 4.69) is 0 Å². The lowest BCUT2D eigenvalue weighted by Crippen LogP contribution is -2.39. The van der Waals surface area contributed by atoms with Gasteiger partial charge in [0, 0.05) is 5.69 Å². The average Bonchev–Trinajstić information content (AvgIpc) is 2.67. The van der Waals surface area contributed by atoms with E-state index in [-0.39, 0.29) is 0 Å².